The first kappa shape index (κ1) is 19.0. The van der Waals surface area contributed by atoms with E-state index in [9.17, 15) is 9.59 Å². The molecule has 2 rings (SSSR count). The molecular formula is C18H33N3O3. The van der Waals surface area contributed by atoms with E-state index in [1.165, 1.54) is 0 Å². The highest BCUT2D eigenvalue weighted by Gasteiger charge is 2.28. The van der Waals surface area contributed by atoms with Crippen LogP contribution in [0.3, 0.4) is 0 Å². The molecule has 3 amide bonds. The van der Waals surface area contributed by atoms with Gasteiger partial charge in [-0.25, -0.2) is 4.79 Å². The van der Waals surface area contributed by atoms with Crippen molar-refractivity contribution in [2.45, 2.75) is 65.0 Å². The van der Waals surface area contributed by atoms with Crippen molar-refractivity contribution in [3.05, 3.63) is 0 Å². The third-order valence-corrected chi connectivity index (χ3v) is 4.74. The number of carbonyl (C=O) groups excluding carboxylic acids is 2. The van der Waals surface area contributed by atoms with Crippen LogP contribution in [-0.4, -0.2) is 66.7 Å². The standard InChI is InChI=1S/C18H33N3O3/c1-4-7-20-8-5-9-21(13-17(20)22)18(23)19-15-6-10-24-16(12-15)11-14(2)3/h14-16H,4-13H2,1-3H3,(H,19,23)/t15-,16+/m1/s1. The van der Waals surface area contributed by atoms with Crippen LogP contribution in [-0.2, 0) is 9.53 Å². The van der Waals surface area contributed by atoms with Crippen molar-refractivity contribution in [3.8, 4) is 0 Å². The lowest BCUT2D eigenvalue weighted by molar-refractivity contribution is -0.130. The summed E-state index contributed by atoms with van der Waals surface area (Å²) in [5, 5.41) is 3.12. The van der Waals surface area contributed by atoms with Gasteiger partial charge in [0.2, 0.25) is 5.91 Å². The van der Waals surface area contributed by atoms with Crippen LogP contribution in [0.1, 0.15) is 52.9 Å². The fraction of sp³-hybridized carbons (Fsp3) is 0.889. The van der Waals surface area contributed by atoms with Crippen molar-refractivity contribution in [1.82, 2.24) is 15.1 Å². The Labute approximate surface area is 145 Å². The van der Waals surface area contributed by atoms with Crippen LogP contribution in [0.25, 0.3) is 0 Å². The smallest absolute Gasteiger partial charge is 0.318 e. The third-order valence-electron chi connectivity index (χ3n) is 4.74. The van der Waals surface area contributed by atoms with E-state index < -0.39 is 0 Å². The average Bonchev–Trinajstić information content (AvgIpc) is 2.70. The quantitative estimate of drug-likeness (QED) is 0.835. The van der Waals surface area contributed by atoms with E-state index in [1.807, 2.05) is 4.90 Å². The van der Waals surface area contributed by atoms with E-state index in [0.717, 1.165) is 45.2 Å². The van der Waals surface area contributed by atoms with E-state index in [-0.39, 0.29) is 30.6 Å². The summed E-state index contributed by atoms with van der Waals surface area (Å²) in [5.74, 6) is 0.659. The largest absolute Gasteiger partial charge is 0.378 e. The monoisotopic (exact) mass is 339 g/mol. The molecule has 24 heavy (non-hydrogen) atoms. The molecular weight excluding hydrogens is 306 g/mol. The summed E-state index contributed by atoms with van der Waals surface area (Å²) in [4.78, 5) is 28.4. The molecule has 0 aromatic heterocycles. The Kier molecular flexibility index (Phi) is 7.34. The minimum Gasteiger partial charge on any atom is -0.378 e. The summed E-state index contributed by atoms with van der Waals surface area (Å²) in [6, 6.07) is 0.0528. The van der Waals surface area contributed by atoms with E-state index in [0.29, 0.717) is 19.1 Å². The van der Waals surface area contributed by atoms with Crippen molar-refractivity contribution >= 4 is 11.9 Å². The summed E-state index contributed by atoms with van der Waals surface area (Å²) < 4.78 is 5.80. The second kappa shape index (κ2) is 9.25. The molecule has 1 N–H and O–H groups in total. The van der Waals surface area contributed by atoms with Gasteiger partial charge in [0.25, 0.3) is 0 Å². The molecule has 138 valence electrons. The molecule has 0 bridgehead atoms. The molecule has 0 radical (unpaired) electrons. The van der Waals surface area contributed by atoms with Crippen molar-refractivity contribution in [1.29, 1.82) is 0 Å². The maximum Gasteiger partial charge on any atom is 0.318 e. The van der Waals surface area contributed by atoms with E-state index >= 15 is 0 Å². The lowest BCUT2D eigenvalue weighted by Crippen LogP contribution is -2.50. The number of nitrogens with one attached hydrogen (secondary N) is 1. The highest BCUT2D eigenvalue weighted by atomic mass is 16.5. The lowest BCUT2D eigenvalue weighted by Gasteiger charge is -2.32. The Hall–Kier alpha value is -1.30. The van der Waals surface area contributed by atoms with Crippen LogP contribution in [0.15, 0.2) is 0 Å². The number of hydrogen-bond donors (Lipinski definition) is 1. The van der Waals surface area contributed by atoms with Crippen molar-refractivity contribution in [3.63, 3.8) is 0 Å². The van der Waals surface area contributed by atoms with Crippen molar-refractivity contribution < 1.29 is 14.3 Å². The number of rotatable bonds is 5. The molecule has 2 fully saturated rings. The topological polar surface area (TPSA) is 61.9 Å². The predicted octanol–water partition coefficient (Wildman–Crippen LogP) is 2.23. The van der Waals surface area contributed by atoms with Crippen LogP contribution in [0.5, 0.6) is 0 Å². The summed E-state index contributed by atoms with van der Waals surface area (Å²) >= 11 is 0. The molecule has 0 aliphatic carbocycles. The van der Waals surface area contributed by atoms with E-state index in [4.69, 9.17) is 4.74 Å². The minimum absolute atomic E-state index is 0.0640. The molecule has 0 unspecified atom stereocenters. The van der Waals surface area contributed by atoms with E-state index in [1.54, 1.807) is 4.90 Å². The normalized spacial score (nSPS) is 25.8. The molecule has 2 aliphatic heterocycles. The fourth-order valence-corrected chi connectivity index (χ4v) is 3.57. The van der Waals surface area contributed by atoms with Gasteiger partial charge in [-0.2, -0.15) is 0 Å². The Balaban J connectivity index is 1.84. The first-order valence-electron chi connectivity index (χ1n) is 9.44. The molecule has 2 heterocycles. The Morgan fingerprint density at radius 1 is 1.38 bits per heavy atom. The van der Waals surface area contributed by atoms with Crippen LogP contribution in [0, 0.1) is 5.92 Å². The molecule has 2 atom stereocenters. The predicted molar refractivity (Wildman–Crippen MR) is 93.8 cm³/mol. The maximum atomic E-state index is 12.6. The second-order valence-corrected chi connectivity index (χ2v) is 7.45. The number of carbonyl (C=O) groups is 2. The van der Waals surface area contributed by atoms with Crippen molar-refractivity contribution in [2.75, 3.05) is 32.8 Å². The SMILES string of the molecule is CCCN1CCCN(C(=O)N[C@@H]2CCO[C@@H](CC(C)C)C2)CC1=O. The Bertz CT molecular complexity index is 428. The summed E-state index contributed by atoms with van der Waals surface area (Å²) in [6.45, 7) is 9.54. The van der Waals surface area contributed by atoms with Crippen molar-refractivity contribution in [2.24, 2.45) is 5.92 Å². The molecule has 0 aromatic rings. The first-order valence-corrected chi connectivity index (χ1v) is 9.44. The average molecular weight is 339 g/mol. The maximum absolute atomic E-state index is 12.6. The summed E-state index contributed by atoms with van der Waals surface area (Å²) in [7, 11) is 0. The van der Waals surface area contributed by atoms with Crippen LogP contribution < -0.4 is 5.32 Å². The van der Waals surface area contributed by atoms with E-state index in [2.05, 4.69) is 26.1 Å². The van der Waals surface area contributed by atoms with Gasteiger partial charge >= 0.3 is 6.03 Å². The van der Waals surface area contributed by atoms with Crippen LogP contribution in [0.4, 0.5) is 4.79 Å². The van der Waals surface area contributed by atoms with Gasteiger partial charge in [-0.1, -0.05) is 20.8 Å². The zero-order valence-electron chi connectivity index (χ0n) is 15.4. The summed E-state index contributed by atoms with van der Waals surface area (Å²) in [6.07, 6.45) is 4.79. The second-order valence-electron chi connectivity index (χ2n) is 7.45. The van der Waals surface area contributed by atoms with Gasteiger partial charge in [0.05, 0.1) is 6.10 Å². The minimum atomic E-state index is -0.100. The molecule has 0 saturated carbocycles. The van der Waals surface area contributed by atoms with Gasteiger partial charge in [0.1, 0.15) is 6.54 Å². The molecule has 0 aromatic carbocycles. The van der Waals surface area contributed by atoms with Crippen LogP contribution in [0.2, 0.25) is 0 Å². The van der Waals surface area contributed by atoms with Gasteiger partial charge in [-0.15, -0.1) is 0 Å². The molecule has 2 saturated heterocycles. The van der Waals surface area contributed by atoms with Crippen LogP contribution >= 0.6 is 0 Å². The number of urea groups is 1. The van der Waals surface area contributed by atoms with Gasteiger partial charge in [0.15, 0.2) is 0 Å². The molecule has 0 spiro atoms. The lowest BCUT2D eigenvalue weighted by atomic mass is 9.96. The number of nitrogens with zero attached hydrogens (tertiary/aromatic N) is 2. The summed E-state index contributed by atoms with van der Waals surface area (Å²) in [5.41, 5.74) is 0. The van der Waals surface area contributed by atoms with Gasteiger partial charge < -0.3 is 19.9 Å². The highest BCUT2D eigenvalue weighted by Crippen LogP contribution is 2.20. The number of hydrogen-bond acceptors (Lipinski definition) is 3. The zero-order valence-corrected chi connectivity index (χ0v) is 15.4. The first-order chi connectivity index (χ1) is 11.5. The van der Waals surface area contributed by atoms with Gasteiger partial charge in [0, 0.05) is 32.3 Å². The Morgan fingerprint density at radius 3 is 2.88 bits per heavy atom. The highest BCUT2D eigenvalue weighted by molar-refractivity contribution is 5.84. The number of amides is 3. The number of ether oxygens (including phenoxy) is 1. The van der Waals surface area contributed by atoms with Gasteiger partial charge in [-0.05, 0) is 38.0 Å². The zero-order chi connectivity index (χ0) is 17.5. The molecule has 6 nitrogen and oxygen atoms in total. The third kappa shape index (κ3) is 5.65. The van der Waals surface area contributed by atoms with Gasteiger partial charge in [-0.3, -0.25) is 4.79 Å². The fourth-order valence-electron chi connectivity index (χ4n) is 3.57. The molecule has 6 heteroatoms. The Morgan fingerprint density at radius 2 is 2.17 bits per heavy atom. The molecule has 2 aliphatic rings.